The molecular formula is C24H23FN4O3. The Morgan fingerprint density at radius 1 is 1.22 bits per heavy atom. The second-order valence-corrected chi connectivity index (χ2v) is 7.59. The Bertz CT molecular complexity index is 1330. The SMILES string of the molecule is COc1ccc(CC(=O)NC(Cc2c[nH]c3ccccc23)c2cc(=O)[nH]c(C)n2)cc1F. The molecule has 0 aliphatic carbocycles. The number of methoxy groups -OCH3 is 1. The monoisotopic (exact) mass is 434 g/mol. The lowest BCUT2D eigenvalue weighted by atomic mass is 10.0. The Labute approximate surface area is 183 Å². The van der Waals surface area contributed by atoms with Gasteiger partial charge in [-0.3, -0.25) is 9.59 Å². The van der Waals surface area contributed by atoms with Crippen molar-refractivity contribution >= 4 is 16.8 Å². The topological polar surface area (TPSA) is 99.9 Å². The summed E-state index contributed by atoms with van der Waals surface area (Å²) in [5, 5.41) is 4.00. The molecule has 1 amide bonds. The van der Waals surface area contributed by atoms with Gasteiger partial charge in [-0.1, -0.05) is 24.3 Å². The van der Waals surface area contributed by atoms with Gasteiger partial charge in [0, 0.05) is 29.6 Å². The number of ether oxygens (including phenoxy) is 1. The Morgan fingerprint density at radius 3 is 2.78 bits per heavy atom. The summed E-state index contributed by atoms with van der Waals surface area (Å²) in [6.45, 7) is 1.69. The molecule has 1 atom stereocenters. The molecule has 164 valence electrons. The first-order chi connectivity index (χ1) is 15.4. The van der Waals surface area contributed by atoms with Crippen molar-refractivity contribution in [1.29, 1.82) is 0 Å². The maximum atomic E-state index is 14.0. The number of halogens is 1. The molecule has 0 radical (unpaired) electrons. The number of rotatable bonds is 7. The number of amides is 1. The molecule has 0 bridgehead atoms. The molecular weight excluding hydrogens is 411 g/mol. The smallest absolute Gasteiger partial charge is 0.251 e. The normalized spacial score (nSPS) is 12.0. The predicted molar refractivity (Wildman–Crippen MR) is 119 cm³/mol. The van der Waals surface area contributed by atoms with Crippen LogP contribution < -0.4 is 15.6 Å². The summed E-state index contributed by atoms with van der Waals surface area (Å²) >= 11 is 0. The molecule has 2 aromatic carbocycles. The highest BCUT2D eigenvalue weighted by Gasteiger charge is 2.20. The van der Waals surface area contributed by atoms with E-state index in [-0.39, 0.29) is 23.6 Å². The minimum Gasteiger partial charge on any atom is -0.494 e. The number of aromatic amines is 2. The number of aryl methyl sites for hydroxylation is 1. The molecule has 0 saturated heterocycles. The fourth-order valence-corrected chi connectivity index (χ4v) is 3.78. The summed E-state index contributed by atoms with van der Waals surface area (Å²) in [7, 11) is 1.39. The van der Waals surface area contributed by atoms with Crippen LogP contribution in [-0.2, 0) is 17.6 Å². The Balaban J connectivity index is 1.60. The van der Waals surface area contributed by atoms with Gasteiger partial charge in [0.2, 0.25) is 5.91 Å². The molecule has 32 heavy (non-hydrogen) atoms. The lowest BCUT2D eigenvalue weighted by Crippen LogP contribution is -2.32. The summed E-state index contributed by atoms with van der Waals surface area (Å²) < 4.78 is 18.9. The average molecular weight is 434 g/mol. The molecule has 2 heterocycles. The van der Waals surface area contributed by atoms with Gasteiger partial charge in [0.15, 0.2) is 11.6 Å². The standard InChI is InChI=1S/C24H23FN4O3/c1-14-27-21(12-24(31)28-14)20(11-16-13-26-19-6-4-3-5-17(16)19)29-23(30)10-15-7-8-22(32-2)18(25)9-15/h3-9,12-13,20,26H,10-11H2,1-2H3,(H,29,30)(H,27,28,31). The van der Waals surface area contributed by atoms with Crippen molar-refractivity contribution in [2.45, 2.75) is 25.8 Å². The van der Waals surface area contributed by atoms with E-state index in [4.69, 9.17) is 4.74 Å². The van der Waals surface area contributed by atoms with Crippen LogP contribution >= 0.6 is 0 Å². The lowest BCUT2D eigenvalue weighted by Gasteiger charge is -2.19. The number of fused-ring (bicyclic) bond motifs is 1. The maximum absolute atomic E-state index is 14.0. The molecule has 4 aromatic rings. The number of aromatic nitrogens is 3. The number of para-hydroxylation sites is 1. The zero-order valence-electron chi connectivity index (χ0n) is 17.7. The fraction of sp³-hybridized carbons (Fsp3) is 0.208. The number of carbonyl (C=O) groups is 1. The highest BCUT2D eigenvalue weighted by Crippen LogP contribution is 2.24. The van der Waals surface area contributed by atoms with Crippen molar-refractivity contribution < 1.29 is 13.9 Å². The van der Waals surface area contributed by atoms with Crippen molar-refractivity contribution in [2.75, 3.05) is 7.11 Å². The Hall–Kier alpha value is -3.94. The van der Waals surface area contributed by atoms with Crippen LogP contribution in [0, 0.1) is 12.7 Å². The largest absolute Gasteiger partial charge is 0.494 e. The van der Waals surface area contributed by atoms with Crippen LogP contribution in [0.5, 0.6) is 5.75 Å². The first-order valence-electron chi connectivity index (χ1n) is 10.2. The molecule has 3 N–H and O–H groups in total. The number of hydrogen-bond donors (Lipinski definition) is 3. The number of nitrogens with zero attached hydrogens (tertiary/aromatic N) is 1. The molecule has 1 unspecified atom stereocenters. The molecule has 2 aromatic heterocycles. The van der Waals surface area contributed by atoms with E-state index in [0.717, 1.165) is 16.5 Å². The van der Waals surface area contributed by atoms with Crippen LogP contribution in [0.15, 0.2) is 59.5 Å². The molecule has 7 nitrogen and oxygen atoms in total. The Kier molecular flexibility index (Phi) is 6.02. The van der Waals surface area contributed by atoms with Gasteiger partial charge in [0.05, 0.1) is 25.3 Å². The number of H-pyrrole nitrogens is 2. The van der Waals surface area contributed by atoms with Gasteiger partial charge in [-0.25, -0.2) is 9.37 Å². The highest BCUT2D eigenvalue weighted by molar-refractivity contribution is 5.83. The average Bonchev–Trinajstić information content (AvgIpc) is 3.16. The molecule has 8 heteroatoms. The second-order valence-electron chi connectivity index (χ2n) is 7.59. The third-order valence-electron chi connectivity index (χ3n) is 5.25. The lowest BCUT2D eigenvalue weighted by molar-refractivity contribution is -0.121. The Morgan fingerprint density at radius 2 is 2.03 bits per heavy atom. The molecule has 0 aliphatic rings. The van der Waals surface area contributed by atoms with Gasteiger partial charge in [-0.05, 0) is 36.2 Å². The van der Waals surface area contributed by atoms with Crippen molar-refractivity contribution in [3.05, 3.63) is 93.5 Å². The number of carbonyl (C=O) groups excluding carboxylic acids is 1. The van der Waals surface area contributed by atoms with Crippen LogP contribution in [0.2, 0.25) is 0 Å². The maximum Gasteiger partial charge on any atom is 0.251 e. The summed E-state index contributed by atoms with van der Waals surface area (Å²) in [6, 6.07) is 13.1. The first-order valence-corrected chi connectivity index (χ1v) is 10.2. The summed E-state index contributed by atoms with van der Waals surface area (Å²) in [5.74, 6) is -0.253. The molecule has 0 spiro atoms. The van der Waals surface area contributed by atoms with Crippen LogP contribution in [0.1, 0.15) is 28.7 Å². The molecule has 0 fully saturated rings. The van der Waals surface area contributed by atoms with E-state index in [0.29, 0.717) is 23.5 Å². The quantitative estimate of drug-likeness (QED) is 0.415. The van der Waals surface area contributed by atoms with Gasteiger partial charge < -0.3 is 20.0 Å². The van der Waals surface area contributed by atoms with Gasteiger partial charge in [0.25, 0.3) is 5.56 Å². The van der Waals surface area contributed by atoms with Gasteiger partial charge >= 0.3 is 0 Å². The van der Waals surface area contributed by atoms with Gasteiger partial charge in [0.1, 0.15) is 5.82 Å². The van der Waals surface area contributed by atoms with Crippen molar-refractivity contribution in [2.24, 2.45) is 0 Å². The van der Waals surface area contributed by atoms with E-state index in [1.165, 1.54) is 25.3 Å². The third-order valence-corrected chi connectivity index (χ3v) is 5.25. The molecule has 0 saturated carbocycles. The third kappa shape index (κ3) is 4.69. The fourth-order valence-electron chi connectivity index (χ4n) is 3.78. The zero-order chi connectivity index (χ0) is 22.7. The van der Waals surface area contributed by atoms with Gasteiger partial charge in [-0.2, -0.15) is 0 Å². The van der Waals surface area contributed by atoms with Crippen LogP contribution in [0.25, 0.3) is 10.9 Å². The number of hydrogen-bond acceptors (Lipinski definition) is 4. The van der Waals surface area contributed by atoms with E-state index in [2.05, 4.69) is 20.3 Å². The van der Waals surface area contributed by atoms with E-state index >= 15 is 0 Å². The molecule has 4 rings (SSSR count). The summed E-state index contributed by atoms with van der Waals surface area (Å²) in [6.07, 6.45) is 2.30. The molecule has 0 aliphatic heterocycles. The van der Waals surface area contributed by atoms with Crippen molar-refractivity contribution in [1.82, 2.24) is 20.3 Å². The van der Waals surface area contributed by atoms with E-state index < -0.39 is 11.9 Å². The van der Waals surface area contributed by atoms with Crippen molar-refractivity contribution in [3.8, 4) is 5.75 Å². The van der Waals surface area contributed by atoms with E-state index in [1.807, 2.05) is 30.5 Å². The second kappa shape index (κ2) is 9.05. The minimum absolute atomic E-state index is 0.0204. The van der Waals surface area contributed by atoms with E-state index in [9.17, 15) is 14.0 Å². The van der Waals surface area contributed by atoms with Gasteiger partial charge in [-0.15, -0.1) is 0 Å². The van der Waals surface area contributed by atoms with Crippen molar-refractivity contribution in [3.63, 3.8) is 0 Å². The summed E-state index contributed by atoms with van der Waals surface area (Å²) in [5.41, 5.74) is 2.66. The van der Waals surface area contributed by atoms with E-state index in [1.54, 1.807) is 13.0 Å². The first kappa shape index (κ1) is 21.3. The number of benzene rings is 2. The highest BCUT2D eigenvalue weighted by atomic mass is 19.1. The van der Waals surface area contributed by atoms with Crippen LogP contribution in [0.4, 0.5) is 4.39 Å². The zero-order valence-corrected chi connectivity index (χ0v) is 17.7. The number of nitrogens with one attached hydrogen (secondary N) is 3. The predicted octanol–water partition coefficient (Wildman–Crippen LogP) is 3.35. The van der Waals surface area contributed by atoms with Crippen LogP contribution in [0.3, 0.4) is 0 Å². The summed E-state index contributed by atoms with van der Waals surface area (Å²) in [4.78, 5) is 35.2. The van der Waals surface area contributed by atoms with Crippen LogP contribution in [-0.4, -0.2) is 28.0 Å². The minimum atomic E-state index is -0.536.